The highest BCUT2D eigenvalue weighted by Crippen LogP contribution is 2.47. The standard InChI is InChI=1S/C16H29NO4/c1-7-8-9-20-13(18)11-10-12(16(11,5)6)17-14(19)21-15(2,3)4/h11-12H,7-10H2,1-6H3,(H,17,19)/t11-,12-/m1/s1. The van der Waals surface area contributed by atoms with Crippen LogP contribution in [0.3, 0.4) is 0 Å². The van der Waals surface area contributed by atoms with Gasteiger partial charge in [0.2, 0.25) is 0 Å². The monoisotopic (exact) mass is 299 g/mol. The minimum Gasteiger partial charge on any atom is -0.465 e. The van der Waals surface area contributed by atoms with Crippen LogP contribution in [-0.2, 0) is 14.3 Å². The zero-order valence-corrected chi connectivity index (χ0v) is 14.1. The Balaban J connectivity index is 2.45. The third kappa shape index (κ3) is 4.90. The van der Waals surface area contributed by atoms with Crippen molar-refractivity contribution in [2.75, 3.05) is 6.61 Å². The molecule has 1 N–H and O–H groups in total. The van der Waals surface area contributed by atoms with Crippen LogP contribution in [0.25, 0.3) is 0 Å². The highest BCUT2D eigenvalue weighted by atomic mass is 16.6. The largest absolute Gasteiger partial charge is 0.465 e. The van der Waals surface area contributed by atoms with E-state index >= 15 is 0 Å². The van der Waals surface area contributed by atoms with Crippen molar-refractivity contribution in [2.45, 2.75) is 72.4 Å². The molecule has 0 radical (unpaired) electrons. The predicted molar refractivity (Wildman–Crippen MR) is 80.9 cm³/mol. The van der Waals surface area contributed by atoms with Crippen LogP contribution in [-0.4, -0.2) is 30.3 Å². The quantitative estimate of drug-likeness (QED) is 0.625. The van der Waals surface area contributed by atoms with Gasteiger partial charge in [0.25, 0.3) is 0 Å². The molecule has 5 nitrogen and oxygen atoms in total. The molecule has 2 atom stereocenters. The van der Waals surface area contributed by atoms with Gasteiger partial charge in [0, 0.05) is 6.04 Å². The molecule has 5 heteroatoms. The minimum absolute atomic E-state index is 0.0592. The Labute approximate surface area is 127 Å². The first-order chi connectivity index (χ1) is 9.58. The second kappa shape index (κ2) is 6.67. The van der Waals surface area contributed by atoms with Crippen molar-refractivity contribution in [3.8, 4) is 0 Å². The highest BCUT2D eigenvalue weighted by molar-refractivity contribution is 5.76. The first-order valence-electron chi connectivity index (χ1n) is 7.74. The number of hydrogen-bond acceptors (Lipinski definition) is 4. The third-order valence-electron chi connectivity index (χ3n) is 3.99. The molecular weight excluding hydrogens is 270 g/mol. The molecule has 0 saturated heterocycles. The number of alkyl carbamates (subject to hydrolysis) is 1. The van der Waals surface area contributed by atoms with E-state index in [4.69, 9.17) is 9.47 Å². The molecule has 0 unspecified atom stereocenters. The fraction of sp³-hybridized carbons (Fsp3) is 0.875. The van der Waals surface area contributed by atoms with Crippen LogP contribution in [0.5, 0.6) is 0 Å². The number of ether oxygens (including phenoxy) is 2. The average molecular weight is 299 g/mol. The second-order valence-electron chi connectivity index (χ2n) is 7.33. The number of unbranched alkanes of at least 4 members (excludes halogenated alkanes) is 1. The van der Waals surface area contributed by atoms with Crippen molar-refractivity contribution >= 4 is 12.1 Å². The molecule has 0 spiro atoms. The lowest BCUT2D eigenvalue weighted by Crippen LogP contribution is -2.61. The van der Waals surface area contributed by atoms with Gasteiger partial charge < -0.3 is 14.8 Å². The maximum Gasteiger partial charge on any atom is 0.407 e. The van der Waals surface area contributed by atoms with E-state index < -0.39 is 11.7 Å². The first-order valence-corrected chi connectivity index (χ1v) is 7.74. The summed E-state index contributed by atoms with van der Waals surface area (Å²) in [5.41, 5.74) is -0.823. The summed E-state index contributed by atoms with van der Waals surface area (Å²) in [6.07, 6.45) is 2.07. The maximum absolute atomic E-state index is 12.0. The lowest BCUT2D eigenvalue weighted by Gasteiger charge is -2.50. The van der Waals surface area contributed by atoms with E-state index in [1.807, 2.05) is 34.6 Å². The smallest absolute Gasteiger partial charge is 0.407 e. The zero-order chi connectivity index (χ0) is 16.3. The summed E-state index contributed by atoms with van der Waals surface area (Å²) in [6.45, 7) is 12.0. The van der Waals surface area contributed by atoms with E-state index in [1.54, 1.807) is 0 Å². The van der Waals surface area contributed by atoms with Gasteiger partial charge in [-0.15, -0.1) is 0 Å². The molecule has 0 bridgehead atoms. The molecule has 1 aliphatic rings. The van der Waals surface area contributed by atoms with Crippen LogP contribution in [0.2, 0.25) is 0 Å². The van der Waals surface area contributed by atoms with Gasteiger partial charge in [-0.1, -0.05) is 27.2 Å². The minimum atomic E-state index is -0.517. The molecule has 0 aliphatic heterocycles. The van der Waals surface area contributed by atoms with Crippen molar-refractivity contribution in [1.29, 1.82) is 0 Å². The summed E-state index contributed by atoms with van der Waals surface area (Å²) in [6, 6.07) is -0.0592. The van der Waals surface area contributed by atoms with Gasteiger partial charge >= 0.3 is 12.1 Å². The lowest BCUT2D eigenvalue weighted by atomic mass is 9.58. The lowest BCUT2D eigenvalue weighted by molar-refractivity contribution is -0.162. The van der Waals surface area contributed by atoms with Gasteiger partial charge in [-0.2, -0.15) is 0 Å². The summed E-state index contributed by atoms with van der Waals surface area (Å²) < 4.78 is 10.5. The number of esters is 1. The molecule has 1 aliphatic carbocycles. The SMILES string of the molecule is CCCCOC(=O)[C@H]1C[C@@H](NC(=O)OC(C)(C)C)C1(C)C. The van der Waals surface area contributed by atoms with Crippen molar-refractivity contribution in [2.24, 2.45) is 11.3 Å². The number of amides is 1. The van der Waals surface area contributed by atoms with Crippen LogP contribution in [0.1, 0.15) is 60.8 Å². The Bertz CT molecular complexity index is 384. The summed E-state index contributed by atoms with van der Waals surface area (Å²) in [4.78, 5) is 23.8. The molecule has 0 aromatic heterocycles. The van der Waals surface area contributed by atoms with Crippen molar-refractivity contribution in [1.82, 2.24) is 5.32 Å². The van der Waals surface area contributed by atoms with E-state index in [-0.39, 0.29) is 23.3 Å². The topological polar surface area (TPSA) is 64.6 Å². The summed E-state index contributed by atoms with van der Waals surface area (Å²) >= 11 is 0. The number of carbonyl (C=O) groups excluding carboxylic acids is 2. The Morgan fingerprint density at radius 2 is 1.90 bits per heavy atom. The van der Waals surface area contributed by atoms with Crippen LogP contribution < -0.4 is 5.32 Å². The third-order valence-corrected chi connectivity index (χ3v) is 3.99. The second-order valence-corrected chi connectivity index (χ2v) is 7.33. The van der Waals surface area contributed by atoms with Gasteiger partial charge in [0.05, 0.1) is 12.5 Å². The molecule has 0 heterocycles. The van der Waals surface area contributed by atoms with E-state index in [1.165, 1.54) is 0 Å². The maximum atomic E-state index is 12.0. The Kier molecular flexibility index (Phi) is 5.65. The van der Waals surface area contributed by atoms with Crippen LogP contribution in [0.4, 0.5) is 4.79 Å². The highest BCUT2D eigenvalue weighted by Gasteiger charge is 2.53. The molecule has 1 rings (SSSR count). The zero-order valence-electron chi connectivity index (χ0n) is 14.1. The number of hydrogen-bond donors (Lipinski definition) is 1. The molecule has 1 saturated carbocycles. The van der Waals surface area contributed by atoms with E-state index in [0.717, 1.165) is 12.8 Å². The van der Waals surface area contributed by atoms with Crippen LogP contribution >= 0.6 is 0 Å². The summed E-state index contributed by atoms with van der Waals surface area (Å²) in [5, 5.41) is 2.85. The Morgan fingerprint density at radius 1 is 1.29 bits per heavy atom. The number of rotatable bonds is 5. The predicted octanol–water partition coefficient (Wildman–Crippen LogP) is 3.27. The van der Waals surface area contributed by atoms with E-state index in [0.29, 0.717) is 13.0 Å². The van der Waals surface area contributed by atoms with Crippen molar-refractivity contribution in [3.05, 3.63) is 0 Å². The van der Waals surface area contributed by atoms with Gasteiger partial charge in [-0.05, 0) is 39.0 Å². The molecule has 122 valence electrons. The van der Waals surface area contributed by atoms with Crippen LogP contribution in [0.15, 0.2) is 0 Å². The van der Waals surface area contributed by atoms with Crippen molar-refractivity contribution in [3.63, 3.8) is 0 Å². The number of nitrogens with one attached hydrogen (secondary N) is 1. The fourth-order valence-electron chi connectivity index (χ4n) is 2.44. The van der Waals surface area contributed by atoms with E-state index in [2.05, 4.69) is 12.2 Å². The van der Waals surface area contributed by atoms with Gasteiger partial charge in [-0.25, -0.2) is 4.79 Å². The fourth-order valence-corrected chi connectivity index (χ4v) is 2.44. The van der Waals surface area contributed by atoms with Crippen molar-refractivity contribution < 1.29 is 19.1 Å². The Morgan fingerprint density at radius 3 is 2.38 bits per heavy atom. The molecule has 0 aromatic rings. The van der Waals surface area contributed by atoms with E-state index in [9.17, 15) is 9.59 Å². The normalized spacial score (nSPS) is 23.9. The molecule has 21 heavy (non-hydrogen) atoms. The van der Waals surface area contributed by atoms with Gasteiger partial charge in [-0.3, -0.25) is 4.79 Å². The first kappa shape index (κ1) is 17.8. The molecule has 1 amide bonds. The molecular formula is C16H29NO4. The van der Waals surface area contributed by atoms with Gasteiger partial charge in [0.15, 0.2) is 0 Å². The molecule has 1 fully saturated rings. The molecule has 0 aromatic carbocycles. The number of carbonyl (C=O) groups is 2. The summed E-state index contributed by atoms with van der Waals surface area (Å²) in [7, 11) is 0. The van der Waals surface area contributed by atoms with Crippen LogP contribution in [0, 0.1) is 11.3 Å². The summed E-state index contributed by atoms with van der Waals surface area (Å²) in [5.74, 6) is -0.315. The van der Waals surface area contributed by atoms with Gasteiger partial charge in [0.1, 0.15) is 5.60 Å². The Hall–Kier alpha value is -1.26. The average Bonchev–Trinajstić information content (AvgIpc) is 2.32.